The van der Waals surface area contributed by atoms with Crippen molar-refractivity contribution in [2.24, 2.45) is 0 Å². The molecule has 2 heterocycles. The Morgan fingerprint density at radius 2 is 2.06 bits per heavy atom. The van der Waals surface area contributed by atoms with Crippen molar-refractivity contribution in [3.05, 3.63) is 71.1 Å². The van der Waals surface area contributed by atoms with Gasteiger partial charge >= 0.3 is 0 Å². The smallest absolute Gasteiger partial charge is 0.137 e. The van der Waals surface area contributed by atoms with Crippen LogP contribution in [0.5, 0.6) is 0 Å². The van der Waals surface area contributed by atoms with Gasteiger partial charge in [0, 0.05) is 17.4 Å². The van der Waals surface area contributed by atoms with Crippen molar-refractivity contribution < 1.29 is 5.11 Å². The zero-order valence-corrected chi connectivity index (χ0v) is 10.2. The summed E-state index contributed by atoms with van der Waals surface area (Å²) in [5.41, 5.74) is 2.17. The summed E-state index contributed by atoms with van der Waals surface area (Å²) in [5, 5.41) is 10.9. The molecule has 0 spiro atoms. The fraction of sp³-hybridized carbons (Fsp3) is 0.0714. The third-order valence-corrected chi connectivity index (χ3v) is 3.06. The highest BCUT2D eigenvalue weighted by Gasteiger charge is 2.14. The molecule has 90 valence electrons. The average molecular weight is 259 g/mol. The van der Waals surface area contributed by atoms with E-state index in [2.05, 4.69) is 4.98 Å². The maximum absolute atomic E-state index is 10.3. The third-order valence-electron chi connectivity index (χ3n) is 2.83. The van der Waals surface area contributed by atoms with Crippen LogP contribution in [0.3, 0.4) is 0 Å². The molecule has 1 unspecified atom stereocenters. The average Bonchev–Trinajstić information content (AvgIpc) is 2.81. The molecule has 0 aliphatic carbocycles. The minimum atomic E-state index is -0.761. The van der Waals surface area contributed by atoms with Gasteiger partial charge in [0.15, 0.2) is 0 Å². The van der Waals surface area contributed by atoms with Crippen LogP contribution in [0, 0.1) is 0 Å². The first kappa shape index (κ1) is 11.3. The second-order valence-corrected chi connectivity index (χ2v) is 4.53. The van der Waals surface area contributed by atoms with Crippen molar-refractivity contribution in [1.29, 1.82) is 0 Å². The second kappa shape index (κ2) is 4.44. The molecule has 4 heteroatoms. The predicted molar refractivity (Wildman–Crippen MR) is 70.7 cm³/mol. The van der Waals surface area contributed by atoms with E-state index in [0.29, 0.717) is 10.7 Å². The first-order valence-electron chi connectivity index (χ1n) is 5.61. The fourth-order valence-electron chi connectivity index (χ4n) is 1.93. The van der Waals surface area contributed by atoms with Crippen molar-refractivity contribution in [3.63, 3.8) is 0 Å². The van der Waals surface area contributed by atoms with Crippen LogP contribution in [0.2, 0.25) is 5.02 Å². The van der Waals surface area contributed by atoms with E-state index in [0.717, 1.165) is 11.2 Å². The van der Waals surface area contributed by atoms with Crippen molar-refractivity contribution in [3.8, 4) is 0 Å². The predicted octanol–water partition coefficient (Wildman–Crippen LogP) is 3.07. The van der Waals surface area contributed by atoms with Gasteiger partial charge < -0.3 is 9.51 Å². The van der Waals surface area contributed by atoms with Crippen LogP contribution < -0.4 is 0 Å². The van der Waals surface area contributed by atoms with Gasteiger partial charge in [-0.1, -0.05) is 29.8 Å². The molecule has 3 nitrogen and oxygen atoms in total. The summed E-state index contributed by atoms with van der Waals surface area (Å²) < 4.78 is 1.88. The Balaban J connectivity index is 2.03. The maximum atomic E-state index is 10.3. The molecule has 0 saturated carbocycles. The Kier molecular flexibility index (Phi) is 2.78. The van der Waals surface area contributed by atoms with Crippen molar-refractivity contribution in [2.75, 3.05) is 0 Å². The molecule has 3 rings (SSSR count). The van der Waals surface area contributed by atoms with E-state index in [4.69, 9.17) is 11.6 Å². The molecule has 0 aliphatic heterocycles. The third kappa shape index (κ3) is 1.98. The number of benzene rings is 1. The standard InChI is InChI=1S/C14H11ClN2O/c15-11-5-3-4-10(8-11)14(18)12-9-17-7-2-1-6-13(17)16-12/h1-9,14,18H. The number of aliphatic hydroxyl groups is 1. The lowest BCUT2D eigenvalue weighted by Gasteiger charge is -2.07. The Morgan fingerprint density at radius 1 is 1.17 bits per heavy atom. The summed E-state index contributed by atoms with van der Waals surface area (Å²) in [6.45, 7) is 0. The summed E-state index contributed by atoms with van der Waals surface area (Å²) in [6.07, 6.45) is 2.96. The second-order valence-electron chi connectivity index (χ2n) is 4.09. The fourth-order valence-corrected chi connectivity index (χ4v) is 2.13. The maximum Gasteiger partial charge on any atom is 0.137 e. The Labute approximate surface area is 109 Å². The highest BCUT2D eigenvalue weighted by molar-refractivity contribution is 6.30. The van der Waals surface area contributed by atoms with Crippen LogP contribution in [0.15, 0.2) is 54.9 Å². The summed E-state index contributed by atoms with van der Waals surface area (Å²) in [4.78, 5) is 4.39. The molecule has 1 N–H and O–H groups in total. The van der Waals surface area contributed by atoms with E-state index in [9.17, 15) is 5.11 Å². The van der Waals surface area contributed by atoms with Crippen LogP contribution >= 0.6 is 11.6 Å². The van der Waals surface area contributed by atoms with Crippen LogP contribution in [0.25, 0.3) is 5.65 Å². The van der Waals surface area contributed by atoms with E-state index in [1.54, 1.807) is 12.1 Å². The molecule has 0 bridgehead atoms. The number of hydrogen-bond donors (Lipinski definition) is 1. The number of hydrogen-bond acceptors (Lipinski definition) is 2. The summed E-state index contributed by atoms with van der Waals surface area (Å²) >= 11 is 5.92. The summed E-state index contributed by atoms with van der Waals surface area (Å²) in [7, 11) is 0. The number of halogens is 1. The van der Waals surface area contributed by atoms with Gasteiger partial charge in [-0.15, -0.1) is 0 Å². The molecule has 2 aromatic heterocycles. The van der Waals surface area contributed by atoms with E-state index in [1.807, 2.05) is 47.1 Å². The van der Waals surface area contributed by atoms with Gasteiger partial charge in [-0.05, 0) is 29.8 Å². The highest BCUT2D eigenvalue weighted by Crippen LogP contribution is 2.23. The van der Waals surface area contributed by atoms with Gasteiger partial charge in [0.1, 0.15) is 11.8 Å². The molecule has 0 radical (unpaired) electrons. The number of imidazole rings is 1. The summed E-state index contributed by atoms with van der Waals surface area (Å²) in [5.74, 6) is 0. The highest BCUT2D eigenvalue weighted by atomic mass is 35.5. The van der Waals surface area contributed by atoms with E-state index < -0.39 is 6.10 Å². The summed E-state index contributed by atoms with van der Waals surface area (Å²) in [6, 6.07) is 12.9. The zero-order valence-electron chi connectivity index (χ0n) is 9.49. The Bertz CT molecular complexity index is 660. The van der Waals surface area contributed by atoms with Gasteiger partial charge in [-0.3, -0.25) is 0 Å². The molecular formula is C14H11ClN2O. The van der Waals surface area contributed by atoms with Crippen LogP contribution in [0.1, 0.15) is 17.4 Å². The van der Waals surface area contributed by atoms with Gasteiger partial charge in [-0.2, -0.15) is 0 Å². The molecule has 0 amide bonds. The largest absolute Gasteiger partial charge is 0.382 e. The van der Waals surface area contributed by atoms with Crippen LogP contribution in [-0.2, 0) is 0 Å². The molecule has 3 aromatic rings. The van der Waals surface area contributed by atoms with Gasteiger partial charge in [0.05, 0.1) is 5.69 Å². The lowest BCUT2D eigenvalue weighted by Crippen LogP contribution is -1.99. The van der Waals surface area contributed by atoms with Gasteiger partial charge in [0.25, 0.3) is 0 Å². The van der Waals surface area contributed by atoms with Crippen molar-refractivity contribution >= 4 is 17.2 Å². The molecule has 1 atom stereocenters. The molecule has 18 heavy (non-hydrogen) atoms. The quantitative estimate of drug-likeness (QED) is 0.767. The van der Waals surface area contributed by atoms with E-state index in [-0.39, 0.29) is 0 Å². The first-order valence-corrected chi connectivity index (χ1v) is 5.99. The monoisotopic (exact) mass is 258 g/mol. The molecule has 0 saturated heterocycles. The first-order chi connectivity index (χ1) is 8.74. The number of aliphatic hydroxyl groups excluding tert-OH is 1. The number of nitrogens with zero attached hydrogens (tertiary/aromatic N) is 2. The van der Waals surface area contributed by atoms with Crippen LogP contribution in [-0.4, -0.2) is 14.5 Å². The number of rotatable bonds is 2. The normalized spacial score (nSPS) is 12.8. The van der Waals surface area contributed by atoms with Crippen molar-refractivity contribution in [1.82, 2.24) is 9.38 Å². The topological polar surface area (TPSA) is 37.5 Å². The minimum Gasteiger partial charge on any atom is -0.382 e. The minimum absolute atomic E-state index is 0.607. The van der Waals surface area contributed by atoms with Crippen molar-refractivity contribution in [2.45, 2.75) is 6.10 Å². The molecule has 1 aromatic carbocycles. The van der Waals surface area contributed by atoms with Crippen LogP contribution in [0.4, 0.5) is 0 Å². The molecule has 0 fully saturated rings. The van der Waals surface area contributed by atoms with E-state index >= 15 is 0 Å². The lowest BCUT2D eigenvalue weighted by molar-refractivity contribution is 0.216. The molecule has 0 aliphatic rings. The van der Waals surface area contributed by atoms with Gasteiger partial charge in [0.2, 0.25) is 0 Å². The number of aromatic nitrogens is 2. The molecular weight excluding hydrogens is 248 g/mol. The number of pyridine rings is 1. The Hall–Kier alpha value is -1.84. The van der Waals surface area contributed by atoms with E-state index in [1.165, 1.54) is 0 Å². The number of fused-ring (bicyclic) bond motifs is 1. The SMILES string of the molecule is OC(c1cccc(Cl)c1)c1cn2ccccc2n1. The Morgan fingerprint density at radius 3 is 2.83 bits per heavy atom. The van der Waals surface area contributed by atoms with Gasteiger partial charge in [-0.25, -0.2) is 4.98 Å². The lowest BCUT2D eigenvalue weighted by atomic mass is 10.1. The zero-order chi connectivity index (χ0) is 12.5.